The van der Waals surface area contributed by atoms with Gasteiger partial charge in [0.15, 0.2) is 0 Å². The number of carboxylic acid groups (broad SMARTS) is 1. The van der Waals surface area contributed by atoms with Crippen molar-refractivity contribution in [3.63, 3.8) is 0 Å². The third-order valence-electron chi connectivity index (χ3n) is 9.93. The van der Waals surface area contributed by atoms with E-state index in [9.17, 15) is 36.6 Å². The lowest BCUT2D eigenvalue weighted by molar-refractivity contribution is -0.228. The number of carbonyl (C=O) groups excluding carboxylic acids is 1. The Morgan fingerprint density at radius 1 is 1.02 bits per heavy atom. The fourth-order valence-corrected chi connectivity index (χ4v) is 7.60. The van der Waals surface area contributed by atoms with Crippen LogP contribution in [0.3, 0.4) is 0 Å². The van der Waals surface area contributed by atoms with Crippen molar-refractivity contribution in [2.24, 2.45) is 17.3 Å². The minimum atomic E-state index is -5.11. The number of likely N-dealkylation sites (tertiary alicyclic amines) is 1. The quantitative estimate of drug-likeness (QED) is 0.458. The molecule has 10 heteroatoms. The molecule has 214 valence electrons. The van der Waals surface area contributed by atoms with Crippen LogP contribution in [0.4, 0.5) is 22.0 Å². The van der Waals surface area contributed by atoms with Gasteiger partial charge in [-0.1, -0.05) is 24.3 Å². The van der Waals surface area contributed by atoms with E-state index in [0.29, 0.717) is 57.6 Å². The van der Waals surface area contributed by atoms with Gasteiger partial charge >= 0.3 is 12.1 Å². The van der Waals surface area contributed by atoms with Crippen molar-refractivity contribution in [2.75, 3.05) is 13.2 Å². The largest absolute Gasteiger partial charge is 0.491 e. The van der Waals surface area contributed by atoms with Gasteiger partial charge in [0.1, 0.15) is 18.2 Å². The average Bonchev–Trinajstić information content (AvgIpc) is 3.21. The molecule has 40 heavy (non-hydrogen) atoms. The zero-order chi connectivity index (χ0) is 28.7. The lowest BCUT2D eigenvalue weighted by Gasteiger charge is -2.57. The van der Waals surface area contributed by atoms with E-state index in [1.807, 2.05) is 0 Å². The lowest BCUT2D eigenvalue weighted by Crippen LogP contribution is -2.57. The zero-order valence-electron chi connectivity index (χ0n) is 21.9. The van der Waals surface area contributed by atoms with Gasteiger partial charge in [-0.3, -0.25) is 9.59 Å². The number of rotatable bonds is 5. The molecule has 1 spiro atoms. The molecule has 5 nitrogen and oxygen atoms in total. The summed E-state index contributed by atoms with van der Waals surface area (Å²) >= 11 is 0. The summed E-state index contributed by atoms with van der Waals surface area (Å²) in [4.78, 5) is 26.7. The number of carbonyl (C=O) groups is 2. The number of alkyl halides is 4. The normalized spacial score (nSPS) is 32.2. The predicted octanol–water partition coefficient (Wildman–Crippen LogP) is 5.94. The molecular formula is C30H30F5NO4. The highest BCUT2D eigenvalue weighted by Gasteiger charge is 2.60. The predicted molar refractivity (Wildman–Crippen MR) is 134 cm³/mol. The second-order valence-electron chi connectivity index (χ2n) is 12.3. The molecule has 1 N–H and O–H groups in total. The minimum absolute atomic E-state index is 0.0209. The topological polar surface area (TPSA) is 66.8 Å². The molecular weight excluding hydrogens is 533 g/mol. The number of halogens is 5. The second kappa shape index (κ2) is 8.91. The van der Waals surface area contributed by atoms with E-state index in [-0.39, 0.29) is 35.5 Å². The molecule has 1 amide bonds. The first-order valence-electron chi connectivity index (χ1n) is 13.6. The summed E-state index contributed by atoms with van der Waals surface area (Å²) in [5.41, 5.74) is -3.49. The van der Waals surface area contributed by atoms with Crippen LogP contribution in [0, 0.1) is 23.1 Å². The van der Waals surface area contributed by atoms with Crippen molar-refractivity contribution in [1.29, 1.82) is 0 Å². The number of amides is 1. The number of hydrogen-bond donors (Lipinski definition) is 1. The van der Waals surface area contributed by atoms with E-state index in [0.717, 1.165) is 17.7 Å². The Morgan fingerprint density at radius 2 is 1.68 bits per heavy atom. The highest BCUT2D eigenvalue weighted by Crippen LogP contribution is 2.62. The molecule has 2 aromatic carbocycles. The third-order valence-corrected chi connectivity index (χ3v) is 9.93. The number of ether oxygens (including phenoxy) is 1. The van der Waals surface area contributed by atoms with Crippen molar-refractivity contribution >= 4 is 11.9 Å². The van der Waals surface area contributed by atoms with Crippen LogP contribution in [0.2, 0.25) is 0 Å². The molecule has 0 aromatic heterocycles. The fraction of sp³-hybridized carbons (Fsp3) is 0.533. The van der Waals surface area contributed by atoms with Crippen LogP contribution < -0.4 is 4.74 Å². The van der Waals surface area contributed by atoms with E-state index in [2.05, 4.69) is 0 Å². The van der Waals surface area contributed by atoms with Crippen LogP contribution in [-0.2, 0) is 27.1 Å². The summed E-state index contributed by atoms with van der Waals surface area (Å²) in [7, 11) is 0. The molecule has 2 aliphatic carbocycles. The fourth-order valence-electron chi connectivity index (χ4n) is 7.60. The summed E-state index contributed by atoms with van der Waals surface area (Å²) in [6.07, 6.45) is -1.71. The second-order valence-corrected chi connectivity index (χ2v) is 12.3. The van der Waals surface area contributed by atoms with E-state index in [4.69, 9.17) is 4.74 Å². The van der Waals surface area contributed by atoms with E-state index >= 15 is 0 Å². The first-order valence-corrected chi connectivity index (χ1v) is 13.6. The van der Waals surface area contributed by atoms with Gasteiger partial charge in [-0.2, -0.15) is 13.2 Å². The molecule has 4 aliphatic rings. The molecule has 6 rings (SSSR count). The van der Waals surface area contributed by atoms with Gasteiger partial charge in [-0.25, -0.2) is 8.78 Å². The van der Waals surface area contributed by atoms with Gasteiger partial charge in [-0.15, -0.1) is 0 Å². The number of carboxylic acids is 1. The summed E-state index contributed by atoms with van der Waals surface area (Å²) in [5, 5.41) is 9.22. The molecule has 3 atom stereocenters. The Hall–Kier alpha value is -3.17. The maximum atomic E-state index is 14.8. The Morgan fingerprint density at radius 3 is 2.30 bits per heavy atom. The number of fused-ring (bicyclic) bond motifs is 3. The van der Waals surface area contributed by atoms with E-state index in [1.54, 1.807) is 17.0 Å². The summed E-state index contributed by atoms with van der Waals surface area (Å²) in [6.45, 7) is 0.938. The van der Waals surface area contributed by atoms with Gasteiger partial charge in [-0.05, 0) is 74.6 Å². The Kier molecular flexibility index (Phi) is 6.02. The number of nitrogens with zero attached hydrogens (tertiary/aromatic N) is 1. The smallest absolute Gasteiger partial charge is 0.426 e. The number of benzene rings is 2. The van der Waals surface area contributed by atoms with Gasteiger partial charge in [0.2, 0.25) is 11.6 Å². The Balaban J connectivity index is 1.30. The lowest BCUT2D eigenvalue weighted by atomic mass is 9.48. The molecule has 2 saturated carbocycles. The van der Waals surface area contributed by atoms with Crippen molar-refractivity contribution in [2.45, 2.75) is 68.8 Å². The average molecular weight is 564 g/mol. The first-order chi connectivity index (χ1) is 18.7. The number of hydrogen-bond acceptors (Lipinski definition) is 3. The zero-order valence-corrected chi connectivity index (χ0v) is 21.9. The molecule has 0 bridgehead atoms. The molecule has 0 radical (unpaired) electrons. The van der Waals surface area contributed by atoms with E-state index in [1.165, 1.54) is 18.2 Å². The monoisotopic (exact) mass is 563 g/mol. The van der Waals surface area contributed by atoms with Crippen LogP contribution in [0.1, 0.15) is 55.7 Å². The summed E-state index contributed by atoms with van der Waals surface area (Å²) in [6, 6.07) is 9.32. The summed E-state index contributed by atoms with van der Waals surface area (Å²) in [5.74, 6) is -1.60. The molecule has 3 fully saturated rings. The molecule has 1 saturated heterocycles. The van der Waals surface area contributed by atoms with Crippen molar-refractivity contribution in [1.82, 2.24) is 4.90 Å². The third kappa shape index (κ3) is 4.08. The van der Waals surface area contributed by atoms with Crippen LogP contribution >= 0.6 is 0 Å². The van der Waals surface area contributed by atoms with Gasteiger partial charge < -0.3 is 14.7 Å². The standard InChI is InChI=1S/C30H30F5NO4/c1-27(32,30(33,34)35)20-4-7-22-23(10-20)40-16-24-29(22,11-17-2-5-21(31)6-3-17)8-9-36(24)25(37)18-12-28(13-18)14-19(15-28)26(38)39/h2-7,10,18-19,24H,8-9,11-16H2,1H3,(H,38,39). The maximum absolute atomic E-state index is 14.8. The number of aliphatic carboxylic acids is 1. The van der Waals surface area contributed by atoms with Crippen LogP contribution in [0.25, 0.3) is 0 Å². The molecule has 2 aromatic rings. The first kappa shape index (κ1) is 27.0. The Bertz CT molecular complexity index is 1340. The Labute approximate surface area is 228 Å². The van der Waals surface area contributed by atoms with Gasteiger partial charge in [0.25, 0.3) is 0 Å². The molecule has 2 aliphatic heterocycles. The van der Waals surface area contributed by atoms with Gasteiger partial charge in [0, 0.05) is 29.0 Å². The van der Waals surface area contributed by atoms with Crippen LogP contribution in [-0.4, -0.2) is 47.3 Å². The van der Waals surface area contributed by atoms with Crippen LogP contribution in [0.15, 0.2) is 42.5 Å². The van der Waals surface area contributed by atoms with Gasteiger partial charge in [0.05, 0.1) is 12.0 Å². The van der Waals surface area contributed by atoms with Crippen molar-refractivity contribution in [3.8, 4) is 5.75 Å². The van der Waals surface area contributed by atoms with E-state index < -0.39 is 40.7 Å². The highest BCUT2D eigenvalue weighted by atomic mass is 19.4. The molecule has 3 unspecified atom stereocenters. The highest BCUT2D eigenvalue weighted by molar-refractivity contribution is 5.82. The SMILES string of the molecule is CC(F)(c1ccc2c(c1)OCC1N(C(=O)C3CC4(CC(C(=O)O)C4)C3)CCC21Cc1ccc(F)cc1)C(F)(F)F. The summed E-state index contributed by atoms with van der Waals surface area (Å²) < 4.78 is 74.7. The van der Waals surface area contributed by atoms with Crippen molar-refractivity contribution in [3.05, 3.63) is 65.0 Å². The van der Waals surface area contributed by atoms with Crippen LogP contribution in [0.5, 0.6) is 5.75 Å². The maximum Gasteiger partial charge on any atom is 0.426 e. The molecule has 2 heterocycles. The van der Waals surface area contributed by atoms with Crippen molar-refractivity contribution < 1.29 is 41.4 Å². The minimum Gasteiger partial charge on any atom is -0.491 e.